The number of benzene rings is 1. The molecular formula is C12H12Cl2O. The molecule has 0 N–H and O–H groups in total. The minimum atomic E-state index is 0.0727. The number of hydrogen-bond acceptors (Lipinski definition) is 1. The van der Waals surface area contributed by atoms with Crippen molar-refractivity contribution in [2.45, 2.75) is 20.3 Å². The van der Waals surface area contributed by atoms with Crippen molar-refractivity contribution in [3.05, 3.63) is 45.5 Å². The SMILES string of the molecule is C/C=C(\Cc1ccc(Cl)cc1Cl)C(C)=O. The molecule has 3 heteroatoms. The van der Waals surface area contributed by atoms with Crippen molar-refractivity contribution < 1.29 is 4.79 Å². The molecule has 0 bridgehead atoms. The molecule has 80 valence electrons. The third-order valence-corrected chi connectivity index (χ3v) is 2.78. The molecule has 0 saturated heterocycles. The maximum atomic E-state index is 11.2. The summed E-state index contributed by atoms with van der Waals surface area (Å²) >= 11 is 11.8. The Bertz CT molecular complexity index is 408. The summed E-state index contributed by atoms with van der Waals surface area (Å²) in [5.41, 5.74) is 1.68. The van der Waals surface area contributed by atoms with Crippen LogP contribution < -0.4 is 0 Å². The first-order valence-corrected chi connectivity index (χ1v) is 5.40. The fourth-order valence-corrected chi connectivity index (χ4v) is 1.78. The second-order valence-corrected chi connectivity index (χ2v) is 4.13. The standard InChI is InChI=1S/C12H12Cl2O/c1-3-9(8(2)15)6-10-4-5-11(13)7-12(10)14/h3-5,7H,6H2,1-2H3/b9-3+. The maximum absolute atomic E-state index is 11.2. The zero-order chi connectivity index (χ0) is 11.4. The average Bonchev–Trinajstić information content (AvgIpc) is 2.16. The van der Waals surface area contributed by atoms with Gasteiger partial charge in [0.05, 0.1) is 0 Å². The van der Waals surface area contributed by atoms with Crippen LogP contribution in [0.25, 0.3) is 0 Å². The Morgan fingerprint density at radius 1 is 1.40 bits per heavy atom. The summed E-state index contributed by atoms with van der Waals surface area (Å²) in [6.07, 6.45) is 2.37. The van der Waals surface area contributed by atoms with Gasteiger partial charge in [-0.2, -0.15) is 0 Å². The lowest BCUT2D eigenvalue weighted by Gasteiger charge is -2.06. The van der Waals surface area contributed by atoms with Gasteiger partial charge in [-0.1, -0.05) is 35.3 Å². The van der Waals surface area contributed by atoms with E-state index >= 15 is 0 Å². The lowest BCUT2D eigenvalue weighted by atomic mass is 10.0. The number of carbonyl (C=O) groups is 1. The van der Waals surface area contributed by atoms with Crippen molar-refractivity contribution in [3.63, 3.8) is 0 Å². The molecule has 1 nitrogen and oxygen atoms in total. The van der Waals surface area contributed by atoms with Gasteiger partial charge in [-0.3, -0.25) is 4.79 Å². The van der Waals surface area contributed by atoms with E-state index < -0.39 is 0 Å². The summed E-state index contributed by atoms with van der Waals surface area (Å²) in [6, 6.07) is 5.30. The first-order chi connectivity index (χ1) is 7.04. The molecule has 15 heavy (non-hydrogen) atoms. The summed E-state index contributed by atoms with van der Waals surface area (Å²) in [5.74, 6) is 0.0727. The highest BCUT2D eigenvalue weighted by Gasteiger charge is 2.07. The number of ketones is 1. The predicted molar refractivity (Wildman–Crippen MR) is 64.6 cm³/mol. The van der Waals surface area contributed by atoms with Gasteiger partial charge >= 0.3 is 0 Å². The number of carbonyl (C=O) groups excluding carboxylic acids is 1. The van der Waals surface area contributed by atoms with E-state index in [1.165, 1.54) is 0 Å². The van der Waals surface area contributed by atoms with Crippen molar-refractivity contribution >= 4 is 29.0 Å². The lowest BCUT2D eigenvalue weighted by molar-refractivity contribution is -0.113. The molecule has 1 aromatic carbocycles. The topological polar surface area (TPSA) is 17.1 Å². The van der Waals surface area contributed by atoms with Crippen molar-refractivity contribution in [1.82, 2.24) is 0 Å². The highest BCUT2D eigenvalue weighted by molar-refractivity contribution is 6.35. The third kappa shape index (κ3) is 3.37. The molecule has 0 amide bonds. The molecule has 0 saturated carbocycles. The van der Waals surface area contributed by atoms with E-state index in [2.05, 4.69) is 0 Å². The minimum Gasteiger partial charge on any atom is -0.295 e. The van der Waals surface area contributed by atoms with Gasteiger partial charge in [0.1, 0.15) is 0 Å². The highest BCUT2D eigenvalue weighted by Crippen LogP contribution is 2.23. The Kier molecular flexibility index (Phi) is 4.37. The van der Waals surface area contributed by atoms with E-state index in [-0.39, 0.29) is 5.78 Å². The van der Waals surface area contributed by atoms with Crippen LogP contribution >= 0.6 is 23.2 Å². The first kappa shape index (κ1) is 12.3. The Hall–Kier alpha value is -0.790. The molecule has 0 atom stereocenters. The van der Waals surface area contributed by atoms with Crippen LogP contribution in [-0.4, -0.2) is 5.78 Å². The molecule has 0 aliphatic heterocycles. The van der Waals surface area contributed by atoms with Crippen molar-refractivity contribution in [1.29, 1.82) is 0 Å². The van der Waals surface area contributed by atoms with E-state index in [9.17, 15) is 4.79 Å². The average molecular weight is 243 g/mol. The van der Waals surface area contributed by atoms with Gasteiger partial charge in [-0.25, -0.2) is 0 Å². The number of hydrogen-bond donors (Lipinski definition) is 0. The molecule has 0 aliphatic carbocycles. The minimum absolute atomic E-state index is 0.0727. The molecule has 0 radical (unpaired) electrons. The van der Waals surface area contributed by atoms with Crippen molar-refractivity contribution in [2.24, 2.45) is 0 Å². The van der Waals surface area contributed by atoms with Crippen LogP contribution in [0.15, 0.2) is 29.8 Å². The fourth-order valence-electron chi connectivity index (χ4n) is 1.30. The van der Waals surface area contributed by atoms with E-state index in [0.717, 1.165) is 11.1 Å². The predicted octanol–water partition coefficient (Wildman–Crippen LogP) is 4.07. The van der Waals surface area contributed by atoms with Gasteiger partial charge in [0.2, 0.25) is 0 Å². The highest BCUT2D eigenvalue weighted by atomic mass is 35.5. The molecular weight excluding hydrogens is 231 g/mol. The maximum Gasteiger partial charge on any atom is 0.155 e. The van der Waals surface area contributed by atoms with Gasteiger partial charge in [0.25, 0.3) is 0 Å². The first-order valence-electron chi connectivity index (χ1n) is 4.64. The van der Waals surface area contributed by atoms with E-state index in [0.29, 0.717) is 16.5 Å². The summed E-state index contributed by atoms with van der Waals surface area (Å²) in [5, 5.41) is 1.21. The van der Waals surface area contributed by atoms with E-state index in [1.54, 1.807) is 19.1 Å². The molecule has 0 aliphatic rings. The summed E-state index contributed by atoms with van der Waals surface area (Å²) < 4.78 is 0. The molecule has 0 spiro atoms. The summed E-state index contributed by atoms with van der Waals surface area (Å²) in [6.45, 7) is 3.40. The molecule has 0 unspecified atom stereocenters. The van der Waals surface area contributed by atoms with Crippen LogP contribution in [0.3, 0.4) is 0 Å². The van der Waals surface area contributed by atoms with Crippen LogP contribution in [-0.2, 0) is 11.2 Å². The van der Waals surface area contributed by atoms with Crippen LogP contribution in [0.1, 0.15) is 19.4 Å². The number of halogens is 2. The Morgan fingerprint density at radius 2 is 2.07 bits per heavy atom. The summed E-state index contributed by atoms with van der Waals surface area (Å²) in [4.78, 5) is 11.2. The van der Waals surface area contributed by atoms with E-state index in [1.807, 2.05) is 19.1 Å². The van der Waals surface area contributed by atoms with Crippen LogP contribution in [0.4, 0.5) is 0 Å². The smallest absolute Gasteiger partial charge is 0.155 e. The normalized spacial score (nSPS) is 11.6. The van der Waals surface area contributed by atoms with Crippen LogP contribution in [0.2, 0.25) is 10.0 Å². The Morgan fingerprint density at radius 3 is 2.53 bits per heavy atom. The van der Waals surface area contributed by atoms with E-state index in [4.69, 9.17) is 23.2 Å². The number of rotatable bonds is 3. The fraction of sp³-hybridized carbons (Fsp3) is 0.250. The quantitative estimate of drug-likeness (QED) is 0.731. The largest absolute Gasteiger partial charge is 0.295 e. The Labute approximate surface area is 99.7 Å². The van der Waals surface area contributed by atoms with Crippen LogP contribution in [0.5, 0.6) is 0 Å². The van der Waals surface area contributed by atoms with Gasteiger partial charge in [-0.15, -0.1) is 0 Å². The molecule has 0 fully saturated rings. The van der Waals surface area contributed by atoms with Gasteiger partial charge in [-0.05, 0) is 37.1 Å². The second kappa shape index (κ2) is 5.34. The second-order valence-electron chi connectivity index (χ2n) is 3.28. The van der Waals surface area contributed by atoms with Crippen molar-refractivity contribution in [2.75, 3.05) is 0 Å². The lowest BCUT2D eigenvalue weighted by Crippen LogP contribution is -2.00. The monoisotopic (exact) mass is 242 g/mol. The van der Waals surface area contributed by atoms with Gasteiger partial charge < -0.3 is 0 Å². The zero-order valence-electron chi connectivity index (χ0n) is 8.68. The molecule has 0 heterocycles. The number of Topliss-reactive ketones (excluding diaryl/α,β-unsaturated/α-hetero) is 1. The van der Waals surface area contributed by atoms with Crippen molar-refractivity contribution in [3.8, 4) is 0 Å². The number of allylic oxidation sites excluding steroid dienone is 2. The van der Waals surface area contributed by atoms with Gasteiger partial charge in [0, 0.05) is 16.5 Å². The van der Waals surface area contributed by atoms with Gasteiger partial charge in [0.15, 0.2) is 5.78 Å². The summed E-state index contributed by atoms with van der Waals surface area (Å²) in [7, 11) is 0. The zero-order valence-corrected chi connectivity index (χ0v) is 10.2. The molecule has 1 rings (SSSR count). The molecule has 0 aromatic heterocycles. The third-order valence-electron chi connectivity index (χ3n) is 2.20. The molecule has 1 aromatic rings. The van der Waals surface area contributed by atoms with Crippen LogP contribution in [0, 0.1) is 0 Å². The Balaban J connectivity index is 2.94.